The molecule has 1 aromatic rings. The summed E-state index contributed by atoms with van der Waals surface area (Å²) in [5, 5.41) is 0. The van der Waals surface area contributed by atoms with Gasteiger partial charge in [0.15, 0.2) is 0 Å². The fourth-order valence-corrected chi connectivity index (χ4v) is 2.73. The van der Waals surface area contributed by atoms with Crippen LogP contribution in [0.3, 0.4) is 0 Å². The monoisotopic (exact) mass is 297 g/mol. The lowest BCUT2D eigenvalue weighted by atomic mass is 9.96. The number of piperidine rings is 1. The summed E-state index contributed by atoms with van der Waals surface area (Å²) in [6, 6.07) is 2.01. The van der Waals surface area contributed by atoms with Crippen LogP contribution < -0.4 is 5.73 Å². The Morgan fingerprint density at radius 1 is 1.29 bits per heavy atom. The Kier molecular flexibility index (Phi) is 4.77. The summed E-state index contributed by atoms with van der Waals surface area (Å²) in [5.74, 6) is -1.55. The number of rotatable bonds is 3. The standard InChI is InChI=1S/C15H21F2N3O/c1-19(2)9-10-3-5-20(6-4-10)15(21)11-7-12(16)14(18)13(17)8-11/h7-8,10H,3-6,9,18H2,1-2H3. The second-order valence-electron chi connectivity index (χ2n) is 5.85. The van der Waals surface area contributed by atoms with Crippen molar-refractivity contribution in [2.24, 2.45) is 5.92 Å². The van der Waals surface area contributed by atoms with Crippen molar-refractivity contribution in [2.75, 3.05) is 39.5 Å². The summed E-state index contributed by atoms with van der Waals surface area (Å²) < 4.78 is 26.9. The third-order valence-electron chi connectivity index (χ3n) is 3.85. The molecule has 0 aliphatic carbocycles. The molecule has 0 aromatic heterocycles. The van der Waals surface area contributed by atoms with Gasteiger partial charge >= 0.3 is 0 Å². The van der Waals surface area contributed by atoms with E-state index in [1.54, 1.807) is 4.90 Å². The zero-order valence-electron chi connectivity index (χ0n) is 12.4. The highest BCUT2D eigenvalue weighted by Gasteiger charge is 2.25. The van der Waals surface area contributed by atoms with E-state index in [-0.39, 0.29) is 11.5 Å². The highest BCUT2D eigenvalue weighted by molar-refractivity contribution is 5.94. The smallest absolute Gasteiger partial charge is 0.254 e. The second-order valence-corrected chi connectivity index (χ2v) is 5.85. The number of carbonyl (C=O) groups excluding carboxylic acids is 1. The zero-order valence-corrected chi connectivity index (χ0v) is 12.4. The van der Waals surface area contributed by atoms with E-state index in [1.165, 1.54) is 0 Å². The minimum absolute atomic E-state index is 0.0188. The van der Waals surface area contributed by atoms with Crippen molar-refractivity contribution in [1.29, 1.82) is 0 Å². The van der Waals surface area contributed by atoms with Crippen molar-refractivity contribution < 1.29 is 13.6 Å². The van der Waals surface area contributed by atoms with Gasteiger partial charge in [0.1, 0.15) is 17.3 Å². The first-order valence-electron chi connectivity index (χ1n) is 7.07. The van der Waals surface area contributed by atoms with Crippen molar-refractivity contribution in [1.82, 2.24) is 9.80 Å². The first-order valence-corrected chi connectivity index (χ1v) is 7.07. The molecule has 1 heterocycles. The zero-order chi connectivity index (χ0) is 15.6. The van der Waals surface area contributed by atoms with E-state index in [2.05, 4.69) is 4.90 Å². The van der Waals surface area contributed by atoms with Crippen LogP contribution in [0.5, 0.6) is 0 Å². The molecule has 116 valence electrons. The number of halogens is 2. The highest BCUT2D eigenvalue weighted by atomic mass is 19.1. The summed E-state index contributed by atoms with van der Waals surface area (Å²) >= 11 is 0. The molecule has 0 spiro atoms. The summed E-state index contributed by atoms with van der Waals surface area (Å²) in [6.07, 6.45) is 1.81. The van der Waals surface area contributed by atoms with E-state index in [0.717, 1.165) is 31.5 Å². The largest absolute Gasteiger partial charge is 0.394 e. The molecule has 21 heavy (non-hydrogen) atoms. The normalized spacial score (nSPS) is 16.5. The van der Waals surface area contributed by atoms with Gasteiger partial charge in [-0.2, -0.15) is 0 Å². The van der Waals surface area contributed by atoms with Crippen molar-refractivity contribution >= 4 is 11.6 Å². The van der Waals surface area contributed by atoms with Crippen LogP contribution in [-0.2, 0) is 0 Å². The number of carbonyl (C=O) groups is 1. The Balaban J connectivity index is 2.02. The number of hydrogen-bond donors (Lipinski definition) is 1. The number of likely N-dealkylation sites (tertiary alicyclic amines) is 1. The summed E-state index contributed by atoms with van der Waals surface area (Å²) in [7, 11) is 4.05. The molecule has 0 radical (unpaired) electrons. The Bertz CT molecular complexity index is 503. The molecular formula is C15H21F2N3O. The molecule has 6 heteroatoms. The Labute approximate surface area is 123 Å². The number of benzene rings is 1. The van der Waals surface area contributed by atoms with Crippen LogP contribution in [0.4, 0.5) is 14.5 Å². The summed E-state index contributed by atoms with van der Waals surface area (Å²) in [5.41, 5.74) is 4.69. The lowest BCUT2D eigenvalue weighted by molar-refractivity contribution is 0.0677. The molecule has 2 N–H and O–H groups in total. The molecular weight excluding hydrogens is 276 g/mol. The lowest BCUT2D eigenvalue weighted by Crippen LogP contribution is -2.40. The molecule has 0 saturated carbocycles. The average Bonchev–Trinajstić information content (AvgIpc) is 2.43. The van der Waals surface area contributed by atoms with Gasteiger partial charge in [-0.25, -0.2) is 8.78 Å². The van der Waals surface area contributed by atoms with E-state index in [1.807, 2.05) is 14.1 Å². The number of nitrogens with two attached hydrogens (primary N) is 1. The van der Waals surface area contributed by atoms with Crippen LogP contribution >= 0.6 is 0 Å². The van der Waals surface area contributed by atoms with Crippen LogP contribution in [0.2, 0.25) is 0 Å². The van der Waals surface area contributed by atoms with Crippen LogP contribution in [0.25, 0.3) is 0 Å². The SMILES string of the molecule is CN(C)CC1CCN(C(=O)c2cc(F)c(N)c(F)c2)CC1. The molecule has 2 rings (SSSR count). The van der Waals surface area contributed by atoms with Gasteiger partial charge in [-0.05, 0) is 45.0 Å². The average molecular weight is 297 g/mol. The first-order chi connectivity index (χ1) is 9.88. The van der Waals surface area contributed by atoms with E-state index >= 15 is 0 Å². The van der Waals surface area contributed by atoms with E-state index < -0.39 is 17.3 Å². The van der Waals surface area contributed by atoms with E-state index in [9.17, 15) is 13.6 Å². The number of anilines is 1. The topological polar surface area (TPSA) is 49.6 Å². The Morgan fingerprint density at radius 2 is 1.81 bits per heavy atom. The molecule has 1 fully saturated rings. The molecule has 4 nitrogen and oxygen atoms in total. The minimum Gasteiger partial charge on any atom is -0.394 e. The number of nitrogens with zero attached hydrogens (tertiary/aromatic N) is 2. The predicted octanol–water partition coefficient (Wildman–Crippen LogP) is 1.96. The van der Waals surface area contributed by atoms with Crippen LogP contribution in [-0.4, -0.2) is 49.4 Å². The molecule has 1 saturated heterocycles. The first kappa shape index (κ1) is 15.7. The molecule has 1 aliphatic heterocycles. The minimum atomic E-state index is -0.888. The maximum atomic E-state index is 13.4. The third-order valence-corrected chi connectivity index (χ3v) is 3.85. The second kappa shape index (κ2) is 6.39. The molecule has 1 aromatic carbocycles. The lowest BCUT2D eigenvalue weighted by Gasteiger charge is -2.33. The number of amides is 1. The molecule has 0 bridgehead atoms. The van der Waals surface area contributed by atoms with Gasteiger partial charge in [0, 0.05) is 25.2 Å². The summed E-state index contributed by atoms with van der Waals surface area (Å²) in [6.45, 7) is 2.23. The molecule has 0 unspecified atom stereocenters. The molecule has 1 amide bonds. The molecule has 0 atom stereocenters. The fraction of sp³-hybridized carbons (Fsp3) is 0.533. The predicted molar refractivity (Wildman–Crippen MR) is 78.0 cm³/mol. The van der Waals surface area contributed by atoms with E-state index in [0.29, 0.717) is 19.0 Å². The van der Waals surface area contributed by atoms with Gasteiger partial charge in [0.2, 0.25) is 0 Å². The highest BCUT2D eigenvalue weighted by Crippen LogP contribution is 2.22. The van der Waals surface area contributed by atoms with Crippen LogP contribution in [0, 0.1) is 17.6 Å². The Morgan fingerprint density at radius 3 is 2.29 bits per heavy atom. The van der Waals surface area contributed by atoms with Crippen molar-refractivity contribution in [2.45, 2.75) is 12.8 Å². The van der Waals surface area contributed by atoms with Gasteiger partial charge in [-0.3, -0.25) is 4.79 Å². The Hall–Kier alpha value is -1.69. The van der Waals surface area contributed by atoms with Gasteiger partial charge in [0.05, 0.1) is 0 Å². The van der Waals surface area contributed by atoms with Gasteiger partial charge in [-0.1, -0.05) is 0 Å². The fourth-order valence-electron chi connectivity index (χ4n) is 2.73. The summed E-state index contributed by atoms with van der Waals surface area (Å²) in [4.78, 5) is 16.1. The van der Waals surface area contributed by atoms with Crippen LogP contribution in [0.1, 0.15) is 23.2 Å². The molecule has 1 aliphatic rings. The van der Waals surface area contributed by atoms with Gasteiger partial charge in [-0.15, -0.1) is 0 Å². The van der Waals surface area contributed by atoms with Gasteiger partial charge in [0.25, 0.3) is 5.91 Å². The third kappa shape index (κ3) is 3.69. The van der Waals surface area contributed by atoms with Gasteiger partial charge < -0.3 is 15.5 Å². The number of nitrogen functional groups attached to an aromatic ring is 1. The maximum Gasteiger partial charge on any atom is 0.254 e. The van der Waals surface area contributed by atoms with Crippen molar-refractivity contribution in [3.8, 4) is 0 Å². The quantitative estimate of drug-likeness (QED) is 0.868. The van der Waals surface area contributed by atoms with Crippen molar-refractivity contribution in [3.05, 3.63) is 29.3 Å². The van der Waals surface area contributed by atoms with Crippen molar-refractivity contribution in [3.63, 3.8) is 0 Å². The van der Waals surface area contributed by atoms with E-state index in [4.69, 9.17) is 5.73 Å². The van der Waals surface area contributed by atoms with Crippen LogP contribution in [0.15, 0.2) is 12.1 Å². The number of hydrogen-bond acceptors (Lipinski definition) is 3. The maximum absolute atomic E-state index is 13.4.